The Morgan fingerprint density at radius 2 is 2.11 bits per heavy atom. The Morgan fingerprint density at radius 3 is 2.56 bits per heavy atom. The van der Waals surface area contributed by atoms with Gasteiger partial charge >= 0.3 is 0 Å². The molecule has 0 fully saturated rings. The zero-order chi connectivity index (χ0) is 13.7. The van der Waals surface area contributed by atoms with Crippen molar-refractivity contribution in [2.45, 2.75) is 25.7 Å². The lowest BCUT2D eigenvalue weighted by atomic mass is 10.1. The van der Waals surface area contributed by atoms with Gasteiger partial charge in [-0.25, -0.2) is 0 Å². The smallest absolute Gasteiger partial charge is 0.126 e. The number of benzene rings is 1. The van der Waals surface area contributed by atoms with Crippen molar-refractivity contribution in [2.24, 2.45) is 11.7 Å². The lowest BCUT2D eigenvalue weighted by Crippen LogP contribution is -2.30. The standard InChI is InChI=1S/C14H23N3S/c1-5-17(9-10(2)3)11-7-6-8-12(18-4)13(11)14(15)16/h6-8,10H,5,9H2,1-4H3,(H3,15,16). The fraction of sp³-hybridized carbons (Fsp3) is 0.500. The van der Waals surface area contributed by atoms with Crippen LogP contribution in [0.2, 0.25) is 0 Å². The van der Waals surface area contributed by atoms with Crippen molar-refractivity contribution in [3.8, 4) is 0 Å². The summed E-state index contributed by atoms with van der Waals surface area (Å²) in [6.45, 7) is 8.45. The first kappa shape index (κ1) is 14.9. The molecule has 0 bridgehead atoms. The summed E-state index contributed by atoms with van der Waals surface area (Å²) in [7, 11) is 0. The van der Waals surface area contributed by atoms with E-state index >= 15 is 0 Å². The quantitative estimate of drug-likeness (QED) is 0.472. The van der Waals surface area contributed by atoms with Gasteiger partial charge in [0.1, 0.15) is 5.84 Å². The van der Waals surface area contributed by atoms with Crippen molar-refractivity contribution in [3.05, 3.63) is 23.8 Å². The van der Waals surface area contributed by atoms with Crippen molar-refractivity contribution in [1.29, 1.82) is 5.41 Å². The summed E-state index contributed by atoms with van der Waals surface area (Å²) in [5.41, 5.74) is 7.70. The highest BCUT2D eigenvalue weighted by Crippen LogP contribution is 2.29. The van der Waals surface area contributed by atoms with Gasteiger partial charge in [-0.1, -0.05) is 19.9 Å². The third kappa shape index (κ3) is 3.42. The maximum Gasteiger partial charge on any atom is 0.126 e. The van der Waals surface area contributed by atoms with Crippen molar-refractivity contribution in [2.75, 3.05) is 24.2 Å². The second-order valence-corrected chi connectivity index (χ2v) is 5.55. The van der Waals surface area contributed by atoms with Gasteiger partial charge in [-0.3, -0.25) is 5.41 Å². The molecule has 3 N–H and O–H groups in total. The van der Waals surface area contributed by atoms with Crippen LogP contribution in [0, 0.1) is 11.3 Å². The molecule has 100 valence electrons. The fourth-order valence-corrected chi connectivity index (χ4v) is 2.70. The molecule has 0 radical (unpaired) electrons. The van der Waals surface area contributed by atoms with Gasteiger partial charge in [0.2, 0.25) is 0 Å². The Balaban J connectivity index is 3.24. The summed E-state index contributed by atoms with van der Waals surface area (Å²) in [5, 5.41) is 7.81. The third-order valence-corrected chi connectivity index (χ3v) is 3.58. The van der Waals surface area contributed by atoms with Crippen LogP contribution in [0.3, 0.4) is 0 Å². The highest BCUT2D eigenvalue weighted by atomic mass is 32.2. The van der Waals surface area contributed by atoms with Gasteiger partial charge in [-0.15, -0.1) is 11.8 Å². The van der Waals surface area contributed by atoms with E-state index in [1.807, 2.05) is 18.4 Å². The number of thioether (sulfide) groups is 1. The van der Waals surface area contributed by atoms with Crippen LogP contribution in [-0.4, -0.2) is 25.2 Å². The molecule has 1 aromatic carbocycles. The number of nitrogen functional groups attached to an aromatic ring is 1. The van der Waals surface area contributed by atoms with Crippen LogP contribution in [0.1, 0.15) is 26.3 Å². The first-order valence-corrected chi connectivity index (χ1v) is 7.50. The van der Waals surface area contributed by atoms with E-state index in [0.717, 1.165) is 29.2 Å². The van der Waals surface area contributed by atoms with Crippen molar-refractivity contribution in [3.63, 3.8) is 0 Å². The summed E-state index contributed by atoms with van der Waals surface area (Å²) < 4.78 is 0. The lowest BCUT2D eigenvalue weighted by Gasteiger charge is -2.28. The average molecular weight is 265 g/mol. The molecule has 0 saturated carbocycles. The molecule has 1 rings (SSSR count). The highest BCUT2D eigenvalue weighted by molar-refractivity contribution is 7.98. The van der Waals surface area contributed by atoms with Gasteiger partial charge in [0.25, 0.3) is 0 Å². The van der Waals surface area contributed by atoms with Crippen LogP contribution >= 0.6 is 11.8 Å². The molecule has 0 heterocycles. The predicted octanol–water partition coefficient (Wildman–Crippen LogP) is 3.17. The normalized spacial score (nSPS) is 10.7. The van der Waals surface area contributed by atoms with Crippen LogP contribution in [0.25, 0.3) is 0 Å². The Morgan fingerprint density at radius 1 is 1.44 bits per heavy atom. The predicted molar refractivity (Wildman–Crippen MR) is 82.0 cm³/mol. The molecule has 0 unspecified atom stereocenters. The summed E-state index contributed by atoms with van der Waals surface area (Å²) in [4.78, 5) is 3.36. The number of hydrogen-bond donors (Lipinski definition) is 2. The van der Waals surface area contributed by atoms with E-state index in [0.29, 0.717) is 5.92 Å². The van der Waals surface area contributed by atoms with Gasteiger partial charge < -0.3 is 10.6 Å². The minimum Gasteiger partial charge on any atom is -0.384 e. The number of rotatable bonds is 6. The molecule has 3 nitrogen and oxygen atoms in total. The number of nitrogens with one attached hydrogen (secondary N) is 1. The molecule has 0 spiro atoms. The molecule has 1 aromatic rings. The average Bonchev–Trinajstić information content (AvgIpc) is 2.34. The second-order valence-electron chi connectivity index (χ2n) is 4.70. The van der Waals surface area contributed by atoms with Gasteiger partial charge in [-0.05, 0) is 31.2 Å². The summed E-state index contributed by atoms with van der Waals surface area (Å²) >= 11 is 1.64. The Kier molecular flexibility index (Phi) is 5.54. The van der Waals surface area contributed by atoms with E-state index in [-0.39, 0.29) is 5.84 Å². The van der Waals surface area contributed by atoms with Crippen LogP contribution in [0.15, 0.2) is 23.1 Å². The minimum atomic E-state index is 0.150. The molecule has 18 heavy (non-hydrogen) atoms. The van der Waals surface area contributed by atoms with E-state index in [4.69, 9.17) is 11.1 Å². The zero-order valence-electron chi connectivity index (χ0n) is 11.7. The zero-order valence-corrected chi connectivity index (χ0v) is 12.5. The number of anilines is 1. The maximum absolute atomic E-state index is 7.81. The first-order valence-electron chi connectivity index (χ1n) is 6.27. The molecule has 0 amide bonds. The van der Waals surface area contributed by atoms with Crippen LogP contribution in [0.5, 0.6) is 0 Å². The molecule has 0 aliphatic heterocycles. The van der Waals surface area contributed by atoms with Crippen molar-refractivity contribution >= 4 is 23.3 Å². The van der Waals surface area contributed by atoms with Crippen LogP contribution < -0.4 is 10.6 Å². The Bertz CT molecular complexity index is 416. The van der Waals surface area contributed by atoms with E-state index < -0.39 is 0 Å². The Hall–Kier alpha value is -1.16. The van der Waals surface area contributed by atoms with Gasteiger partial charge in [0.05, 0.1) is 5.56 Å². The molecular weight excluding hydrogens is 242 g/mol. The van der Waals surface area contributed by atoms with Gasteiger partial charge in [0, 0.05) is 23.7 Å². The van der Waals surface area contributed by atoms with Crippen molar-refractivity contribution < 1.29 is 0 Å². The van der Waals surface area contributed by atoms with Gasteiger partial charge in [-0.2, -0.15) is 0 Å². The number of nitrogens with two attached hydrogens (primary N) is 1. The number of amidine groups is 1. The number of hydrogen-bond acceptors (Lipinski definition) is 3. The SMILES string of the molecule is CCN(CC(C)C)c1cccc(SC)c1C(=N)N. The number of nitrogens with zero attached hydrogens (tertiary/aromatic N) is 1. The summed E-state index contributed by atoms with van der Waals surface area (Å²) in [6.07, 6.45) is 2.02. The van der Waals surface area contributed by atoms with Crippen molar-refractivity contribution in [1.82, 2.24) is 0 Å². The molecule has 0 saturated heterocycles. The molecule has 0 aromatic heterocycles. The van der Waals surface area contributed by atoms with E-state index in [2.05, 4.69) is 31.7 Å². The van der Waals surface area contributed by atoms with E-state index in [1.165, 1.54) is 0 Å². The van der Waals surface area contributed by atoms with E-state index in [1.54, 1.807) is 11.8 Å². The van der Waals surface area contributed by atoms with Gasteiger partial charge in [0.15, 0.2) is 0 Å². The molecule has 0 atom stereocenters. The lowest BCUT2D eigenvalue weighted by molar-refractivity contribution is 0.618. The highest BCUT2D eigenvalue weighted by Gasteiger charge is 2.16. The molecular formula is C14H23N3S. The minimum absolute atomic E-state index is 0.150. The summed E-state index contributed by atoms with van der Waals surface area (Å²) in [5.74, 6) is 0.736. The van der Waals surface area contributed by atoms with E-state index in [9.17, 15) is 0 Å². The first-order chi connectivity index (χ1) is 8.51. The fourth-order valence-electron chi connectivity index (χ4n) is 2.06. The van der Waals surface area contributed by atoms with Crippen LogP contribution in [0.4, 0.5) is 5.69 Å². The molecule has 0 aliphatic carbocycles. The monoisotopic (exact) mass is 265 g/mol. The molecule has 0 aliphatic rings. The maximum atomic E-state index is 7.81. The largest absolute Gasteiger partial charge is 0.384 e. The third-order valence-electron chi connectivity index (χ3n) is 2.80. The van der Waals surface area contributed by atoms with Crippen LogP contribution in [-0.2, 0) is 0 Å². The second kappa shape index (κ2) is 6.69. The summed E-state index contributed by atoms with van der Waals surface area (Å²) in [6, 6.07) is 6.12. The molecule has 4 heteroatoms. The topological polar surface area (TPSA) is 53.1 Å². The Labute approximate surface area is 114 Å².